The van der Waals surface area contributed by atoms with Crippen molar-refractivity contribution < 1.29 is 9.53 Å². The van der Waals surface area contributed by atoms with Crippen LogP contribution >= 0.6 is 0 Å². The molecule has 1 saturated heterocycles. The predicted octanol–water partition coefficient (Wildman–Crippen LogP) is 1.59. The van der Waals surface area contributed by atoms with Gasteiger partial charge >= 0.3 is 6.03 Å². The molecule has 0 saturated carbocycles. The summed E-state index contributed by atoms with van der Waals surface area (Å²) in [5.74, 6) is 0. The molecule has 1 heterocycles. The van der Waals surface area contributed by atoms with Crippen molar-refractivity contribution in [3.63, 3.8) is 0 Å². The number of nitrogens with one attached hydrogen (secondary N) is 1. The lowest BCUT2D eigenvalue weighted by atomic mass is 9.88. The molecule has 1 aromatic carbocycles. The minimum atomic E-state index is 0.0627. The lowest BCUT2D eigenvalue weighted by molar-refractivity contribution is 0.0524. The fourth-order valence-electron chi connectivity index (χ4n) is 2.85. The van der Waals surface area contributed by atoms with Crippen LogP contribution in [0.3, 0.4) is 0 Å². The largest absolute Gasteiger partial charge is 0.378 e. The van der Waals surface area contributed by atoms with Crippen LogP contribution in [0, 0.1) is 0 Å². The number of ether oxygens (including phenoxy) is 1. The molecule has 1 aliphatic heterocycles. The Morgan fingerprint density at radius 2 is 1.95 bits per heavy atom. The second-order valence-electron chi connectivity index (χ2n) is 5.26. The van der Waals surface area contributed by atoms with Crippen LogP contribution < -0.4 is 5.32 Å². The van der Waals surface area contributed by atoms with Gasteiger partial charge in [0, 0.05) is 19.1 Å². The Morgan fingerprint density at radius 1 is 1.21 bits per heavy atom. The highest BCUT2D eigenvalue weighted by Gasteiger charge is 2.23. The molecule has 19 heavy (non-hydrogen) atoms. The molecule has 1 fully saturated rings. The SMILES string of the molecule is O=C(NC1CCc2ccccc2C1)N1CCOCC1. The van der Waals surface area contributed by atoms with E-state index >= 15 is 0 Å². The number of rotatable bonds is 1. The molecule has 1 N–H and O–H groups in total. The Balaban J connectivity index is 1.58. The van der Waals surface area contributed by atoms with Gasteiger partial charge in [0.15, 0.2) is 0 Å². The van der Waals surface area contributed by atoms with Gasteiger partial charge < -0.3 is 15.0 Å². The normalized spacial score (nSPS) is 22.7. The van der Waals surface area contributed by atoms with Gasteiger partial charge in [-0.15, -0.1) is 0 Å². The summed E-state index contributed by atoms with van der Waals surface area (Å²) in [6.45, 7) is 2.71. The molecule has 102 valence electrons. The van der Waals surface area contributed by atoms with Crippen LogP contribution in [0.15, 0.2) is 24.3 Å². The van der Waals surface area contributed by atoms with Gasteiger partial charge in [-0.3, -0.25) is 0 Å². The highest BCUT2D eigenvalue weighted by molar-refractivity contribution is 5.74. The average Bonchev–Trinajstić information content (AvgIpc) is 2.48. The average molecular weight is 260 g/mol. The first-order valence-electron chi connectivity index (χ1n) is 7.03. The zero-order valence-electron chi connectivity index (χ0n) is 11.1. The van der Waals surface area contributed by atoms with Crippen molar-refractivity contribution in [1.29, 1.82) is 0 Å². The van der Waals surface area contributed by atoms with E-state index in [1.54, 1.807) is 0 Å². The predicted molar refractivity (Wildman–Crippen MR) is 73.2 cm³/mol. The molecular formula is C15H20N2O2. The van der Waals surface area contributed by atoms with Gasteiger partial charge in [0.05, 0.1) is 13.2 Å². The molecule has 0 spiro atoms. The van der Waals surface area contributed by atoms with Crippen LogP contribution in [0.4, 0.5) is 4.79 Å². The van der Waals surface area contributed by atoms with Crippen molar-refractivity contribution in [2.24, 2.45) is 0 Å². The van der Waals surface area contributed by atoms with E-state index in [4.69, 9.17) is 4.74 Å². The number of aryl methyl sites for hydroxylation is 1. The van der Waals surface area contributed by atoms with E-state index in [1.807, 2.05) is 4.90 Å². The van der Waals surface area contributed by atoms with Crippen LogP contribution in [0.5, 0.6) is 0 Å². The van der Waals surface area contributed by atoms with Gasteiger partial charge in [0.1, 0.15) is 0 Å². The lowest BCUT2D eigenvalue weighted by Gasteiger charge is -2.31. The highest BCUT2D eigenvalue weighted by Crippen LogP contribution is 2.21. The van der Waals surface area contributed by atoms with E-state index in [9.17, 15) is 4.79 Å². The van der Waals surface area contributed by atoms with Crippen molar-refractivity contribution in [2.75, 3.05) is 26.3 Å². The van der Waals surface area contributed by atoms with Gasteiger partial charge in [0.2, 0.25) is 0 Å². The summed E-state index contributed by atoms with van der Waals surface area (Å²) >= 11 is 0. The van der Waals surface area contributed by atoms with Crippen LogP contribution in [-0.4, -0.2) is 43.3 Å². The monoisotopic (exact) mass is 260 g/mol. The van der Waals surface area contributed by atoms with Crippen molar-refractivity contribution in [3.05, 3.63) is 35.4 Å². The summed E-state index contributed by atoms with van der Waals surface area (Å²) in [6, 6.07) is 8.85. The van der Waals surface area contributed by atoms with Crippen LogP contribution in [-0.2, 0) is 17.6 Å². The summed E-state index contributed by atoms with van der Waals surface area (Å²) < 4.78 is 5.26. The Bertz CT molecular complexity index is 455. The molecule has 2 amide bonds. The maximum absolute atomic E-state index is 12.1. The first-order valence-corrected chi connectivity index (χ1v) is 7.03. The maximum atomic E-state index is 12.1. The van der Waals surface area contributed by atoms with Crippen LogP contribution in [0.25, 0.3) is 0 Å². The topological polar surface area (TPSA) is 41.6 Å². The number of morpholine rings is 1. The number of carbonyl (C=O) groups is 1. The first-order chi connectivity index (χ1) is 9.33. The third-order valence-electron chi connectivity index (χ3n) is 3.97. The third-order valence-corrected chi connectivity index (χ3v) is 3.97. The van der Waals surface area contributed by atoms with E-state index in [0.29, 0.717) is 26.3 Å². The number of amides is 2. The van der Waals surface area contributed by atoms with Crippen molar-refractivity contribution in [2.45, 2.75) is 25.3 Å². The fraction of sp³-hybridized carbons (Fsp3) is 0.533. The van der Waals surface area contributed by atoms with Crippen molar-refractivity contribution in [1.82, 2.24) is 10.2 Å². The Morgan fingerprint density at radius 3 is 2.74 bits per heavy atom. The molecule has 1 aliphatic carbocycles. The summed E-state index contributed by atoms with van der Waals surface area (Å²) in [7, 11) is 0. The number of fused-ring (bicyclic) bond motifs is 1. The van der Waals surface area contributed by atoms with Gasteiger partial charge in [-0.25, -0.2) is 4.79 Å². The molecule has 1 aromatic rings. The Labute approximate surface area is 113 Å². The van der Waals surface area contributed by atoms with E-state index < -0.39 is 0 Å². The molecule has 0 bridgehead atoms. The second kappa shape index (κ2) is 5.61. The second-order valence-corrected chi connectivity index (χ2v) is 5.26. The van der Waals surface area contributed by atoms with E-state index in [2.05, 4.69) is 29.6 Å². The van der Waals surface area contributed by atoms with Crippen molar-refractivity contribution in [3.8, 4) is 0 Å². The number of hydrogen-bond donors (Lipinski definition) is 1. The standard InChI is InChI=1S/C15H20N2O2/c18-15(17-7-9-19-10-8-17)16-14-6-5-12-3-1-2-4-13(12)11-14/h1-4,14H,5-11H2,(H,16,18). The summed E-state index contributed by atoms with van der Waals surface area (Å²) in [5.41, 5.74) is 2.81. The summed E-state index contributed by atoms with van der Waals surface area (Å²) in [4.78, 5) is 14.0. The minimum Gasteiger partial charge on any atom is -0.378 e. The first kappa shape index (κ1) is 12.5. The summed E-state index contributed by atoms with van der Waals surface area (Å²) in [6.07, 6.45) is 3.05. The van der Waals surface area contributed by atoms with Gasteiger partial charge in [-0.1, -0.05) is 24.3 Å². The quantitative estimate of drug-likeness (QED) is 0.833. The number of hydrogen-bond acceptors (Lipinski definition) is 2. The van der Waals surface area contributed by atoms with E-state index in [-0.39, 0.29) is 12.1 Å². The molecule has 2 aliphatic rings. The molecule has 4 heteroatoms. The smallest absolute Gasteiger partial charge is 0.317 e. The molecule has 4 nitrogen and oxygen atoms in total. The molecule has 3 rings (SSSR count). The van der Waals surface area contributed by atoms with Crippen LogP contribution in [0.2, 0.25) is 0 Å². The molecule has 1 unspecified atom stereocenters. The minimum absolute atomic E-state index is 0.0627. The zero-order valence-corrected chi connectivity index (χ0v) is 11.1. The van der Waals surface area contributed by atoms with Crippen LogP contribution in [0.1, 0.15) is 17.5 Å². The number of nitrogens with zero attached hydrogens (tertiary/aromatic N) is 1. The molecule has 0 aromatic heterocycles. The molecule has 0 radical (unpaired) electrons. The summed E-state index contributed by atoms with van der Waals surface area (Å²) in [5, 5.41) is 3.16. The van der Waals surface area contributed by atoms with Crippen molar-refractivity contribution >= 4 is 6.03 Å². The molecule has 1 atom stereocenters. The highest BCUT2D eigenvalue weighted by atomic mass is 16.5. The van der Waals surface area contributed by atoms with Gasteiger partial charge in [0.25, 0.3) is 0 Å². The van der Waals surface area contributed by atoms with Gasteiger partial charge in [-0.2, -0.15) is 0 Å². The third kappa shape index (κ3) is 2.89. The number of carbonyl (C=O) groups excluding carboxylic acids is 1. The molecular weight excluding hydrogens is 240 g/mol. The van der Waals surface area contributed by atoms with Gasteiger partial charge in [-0.05, 0) is 30.4 Å². The fourth-order valence-corrected chi connectivity index (χ4v) is 2.85. The Kier molecular flexibility index (Phi) is 3.69. The Hall–Kier alpha value is -1.55. The van der Waals surface area contributed by atoms with E-state index in [1.165, 1.54) is 11.1 Å². The maximum Gasteiger partial charge on any atom is 0.317 e. The number of benzene rings is 1. The van der Waals surface area contributed by atoms with E-state index in [0.717, 1.165) is 19.3 Å². The lowest BCUT2D eigenvalue weighted by Crippen LogP contribution is -2.50. The number of urea groups is 1. The zero-order chi connectivity index (χ0) is 13.1.